The Morgan fingerprint density at radius 2 is 2.17 bits per heavy atom. The topological polar surface area (TPSA) is 56.8 Å². The molecule has 0 atom stereocenters. The first-order valence-electron chi connectivity index (χ1n) is 5.85. The molecule has 0 unspecified atom stereocenters. The van der Waals surface area contributed by atoms with Gasteiger partial charge in [-0.1, -0.05) is 6.07 Å². The van der Waals surface area contributed by atoms with Gasteiger partial charge in [-0.25, -0.2) is 0 Å². The maximum atomic E-state index is 11.4. The van der Waals surface area contributed by atoms with Crippen molar-refractivity contribution in [2.45, 2.75) is 6.92 Å². The number of hydrogen-bond donors (Lipinski definition) is 1. The van der Waals surface area contributed by atoms with Crippen molar-refractivity contribution in [2.24, 2.45) is 0 Å². The lowest BCUT2D eigenvalue weighted by molar-refractivity contribution is -0.120. The molecule has 0 aliphatic rings. The molecule has 0 aromatic heterocycles. The van der Waals surface area contributed by atoms with Gasteiger partial charge < -0.3 is 19.5 Å². The number of anilines is 1. The zero-order valence-corrected chi connectivity index (χ0v) is 10.8. The Labute approximate surface area is 107 Å². The van der Waals surface area contributed by atoms with Crippen LogP contribution in [-0.2, 0) is 14.3 Å². The third-order valence-corrected chi connectivity index (χ3v) is 2.11. The normalized spacial score (nSPS) is 10.1. The van der Waals surface area contributed by atoms with Crippen molar-refractivity contribution < 1.29 is 19.0 Å². The lowest BCUT2D eigenvalue weighted by Gasteiger charge is -2.08. The molecule has 0 aliphatic heterocycles. The van der Waals surface area contributed by atoms with Crippen molar-refractivity contribution in [3.8, 4) is 5.75 Å². The van der Waals surface area contributed by atoms with E-state index in [4.69, 9.17) is 14.2 Å². The van der Waals surface area contributed by atoms with Crippen molar-refractivity contribution in [1.82, 2.24) is 0 Å². The Balaban J connectivity index is 2.45. The molecule has 100 valence electrons. The van der Waals surface area contributed by atoms with E-state index in [9.17, 15) is 4.79 Å². The van der Waals surface area contributed by atoms with Gasteiger partial charge in [0.15, 0.2) is 0 Å². The highest BCUT2D eigenvalue weighted by Crippen LogP contribution is 2.17. The lowest BCUT2D eigenvalue weighted by Crippen LogP contribution is -2.18. The van der Waals surface area contributed by atoms with E-state index >= 15 is 0 Å². The molecule has 0 radical (unpaired) electrons. The number of methoxy groups -OCH3 is 1. The molecule has 0 aliphatic carbocycles. The van der Waals surface area contributed by atoms with Crippen LogP contribution in [0.4, 0.5) is 5.69 Å². The Bertz CT molecular complexity index is 368. The highest BCUT2D eigenvalue weighted by Gasteiger charge is 2.03. The molecule has 0 bridgehead atoms. The van der Waals surface area contributed by atoms with Crippen molar-refractivity contribution in [3.05, 3.63) is 24.3 Å². The predicted octanol–water partition coefficient (Wildman–Crippen LogP) is 1.69. The summed E-state index contributed by atoms with van der Waals surface area (Å²) >= 11 is 0. The van der Waals surface area contributed by atoms with Gasteiger partial charge in [0.2, 0.25) is 5.91 Å². The number of carbonyl (C=O) groups excluding carboxylic acids is 1. The van der Waals surface area contributed by atoms with Crippen LogP contribution >= 0.6 is 0 Å². The first-order chi connectivity index (χ1) is 8.76. The van der Waals surface area contributed by atoms with Gasteiger partial charge in [-0.3, -0.25) is 4.79 Å². The smallest absolute Gasteiger partial charge is 0.250 e. The van der Waals surface area contributed by atoms with Crippen LogP contribution in [0, 0.1) is 0 Å². The highest BCUT2D eigenvalue weighted by atomic mass is 16.5. The van der Waals surface area contributed by atoms with Crippen molar-refractivity contribution >= 4 is 11.6 Å². The maximum Gasteiger partial charge on any atom is 0.250 e. The number of hydrogen-bond acceptors (Lipinski definition) is 4. The molecule has 5 heteroatoms. The molecule has 1 aromatic rings. The minimum absolute atomic E-state index is 0.0608. The number of amides is 1. The largest absolute Gasteiger partial charge is 0.491 e. The second-order valence-electron chi connectivity index (χ2n) is 3.55. The van der Waals surface area contributed by atoms with E-state index in [0.717, 1.165) is 0 Å². The highest BCUT2D eigenvalue weighted by molar-refractivity contribution is 5.91. The maximum absolute atomic E-state index is 11.4. The van der Waals surface area contributed by atoms with Gasteiger partial charge in [-0.15, -0.1) is 0 Å². The second-order valence-corrected chi connectivity index (χ2v) is 3.55. The summed E-state index contributed by atoms with van der Waals surface area (Å²) in [5, 5.41) is 2.73. The number of ether oxygens (including phenoxy) is 3. The molecular formula is C13H19NO4. The monoisotopic (exact) mass is 253 g/mol. The summed E-state index contributed by atoms with van der Waals surface area (Å²) in [6, 6.07) is 7.21. The minimum Gasteiger partial charge on any atom is -0.491 e. The van der Waals surface area contributed by atoms with Crippen LogP contribution < -0.4 is 10.1 Å². The molecule has 0 fully saturated rings. The van der Waals surface area contributed by atoms with Gasteiger partial charge in [0.05, 0.1) is 6.61 Å². The second kappa shape index (κ2) is 8.49. The van der Waals surface area contributed by atoms with E-state index < -0.39 is 0 Å². The van der Waals surface area contributed by atoms with Crippen LogP contribution in [0.5, 0.6) is 5.75 Å². The fourth-order valence-electron chi connectivity index (χ4n) is 1.30. The van der Waals surface area contributed by atoms with E-state index in [1.165, 1.54) is 0 Å². The molecule has 1 aromatic carbocycles. The zero-order chi connectivity index (χ0) is 13.2. The number of carbonyl (C=O) groups is 1. The van der Waals surface area contributed by atoms with Gasteiger partial charge in [0, 0.05) is 25.5 Å². The fourth-order valence-corrected chi connectivity index (χ4v) is 1.30. The van der Waals surface area contributed by atoms with Gasteiger partial charge >= 0.3 is 0 Å². The molecule has 0 saturated heterocycles. The number of benzene rings is 1. The average Bonchev–Trinajstić information content (AvgIpc) is 2.37. The lowest BCUT2D eigenvalue weighted by atomic mass is 10.3. The molecule has 5 nitrogen and oxygen atoms in total. The summed E-state index contributed by atoms with van der Waals surface area (Å²) in [5.74, 6) is 0.521. The molecule has 1 amide bonds. The van der Waals surface area contributed by atoms with Crippen molar-refractivity contribution in [2.75, 3.05) is 38.9 Å². The predicted molar refractivity (Wildman–Crippen MR) is 68.9 cm³/mol. The van der Waals surface area contributed by atoms with Crippen LogP contribution in [0.3, 0.4) is 0 Å². The van der Waals surface area contributed by atoms with E-state index in [-0.39, 0.29) is 12.5 Å². The van der Waals surface area contributed by atoms with Crippen LogP contribution in [0.15, 0.2) is 24.3 Å². The van der Waals surface area contributed by atoms with Gasteiger partial charge in [0.1, 0.15) is 19.0 Å². The van der Waals surface area contributed by atoms with Crippen LogP contribution in [0.1, 0.15) is 6.92 Å². The van der Waals surface area contributed by atoms with Crippen molar-refractivity contribution in [3.63, 3.8) is 0 Å². The van der Waals surface area contributed by atoms with Crippen LogP contribution in [-0.4, -0.2) is 39.4 Å². The molecule has 1 rings (SSSR count). The van der Waals surface area contributed by atoms with Crippen LogP contribution in [0.2, 0.25) is 0 Å². The first kappa shape index (κ1) is 14.5. The standard InChI is InChI=1S/C13H19NO4/c1-3-17-10-13(15)14-11-5-4-6-12(9-11)18-8-7-16-2/h4-6,9H,3,7-8,10H2,1-2H3,(H,14,15). The summed E-state index contributed by atoms with van der Waals surface area (Å²) in [6.07, 6.45) is 0. The van der Waals surface area contributed by atoms with E-state index in [0.29, 0.717) is 31.3 Å². The zero-order valence-electron chi connectivity index (χ0n) is 10.8. The first-order valence-corrected chi connectivity index (χ1v) is 5.85. The minimum atomic E-state index is -0.175. The Kier molecular flexibility index (Phi) is 6.83. The summed E-state index contributed by atoms with van der Waals surface area (Å²) in [4.78, 5) is 11.4. The Hall–Kier alpha value is -1.59. The quantitative estimate of drug-likeness (QED) is 0.716. The molecule has 18 heavy (non-hydrogen) atoms. The average molecular weight is 253 g/mol. The summed E-state index contributed by atoms with van der Waals surface area (Å²) in [6.45, 7) is 3.43. The molecule has 0 spiro atoms. The molecular weight excluding hydrogens is 234 g/mol. The molecule has 0 saturated carbocycles. The Morgan fingerprint density at radius 3 is 2.89 bits per heavy atom. The summed E-state index contributed by atoms with van der Waals surface area (Å²) < 4.78 is 15.4. The third-order valence-electron chi connectivity index (χ3n) is 2.11. The third kappa shape index (κ3) is 5.65. The molecule has 1 N–H and O–H groups in total. The van der Waals surface area contributed by atoms with E-state index in [1.54, 1.807) is 19.2 Å². The SMILES string of the molecule is CCOCC(=O)Nc1cccc(OCCOC)c1. The number of rotatable bonds is 8. The summed E-state index contributed by atoms with van der Waals surface area (Å²) in [7, 11) is 1.62. The van der Waals surface area contributed by atoms with Gasteiger partial charge in [0.25, 0.3) is 0 Å². The fraction of sp³-hybridized carbons (Fsp3) is 0.462. The molecule has 0 heterocycles. The van der Waals surface area contributed by atoms with Crippen molar-refractivity contribution in [1.29, 1.82) is 0 Å². The van der Waals surface area contributed by atoms with E-state index in [1.807, 2.05) is 19.1 Å². The summed E-state index contributed by atoms with van der Waals surface area (Å²) in [5.41, 5.74) is 0.689. The van der Waals surface area contributed by atoms with Crippen LogP contribution in [0.25, 0.3) is 0 Å². The Morgan fingerprint density at radius 1 is 1.33 bits per heavy atom. The van der Waals surface area contributed by atoms with Gasteiger partial charge in [-0.2, -0.15) is 0 Å². The van der Waals surface area contributed by atoms with E-state index in [2.05, 4.69) is 5.32 Å². The number of nitrogens with one attached hydrogen (secondary N) is 1. The van der Waals surface area contributed by atoms with Gasteiger partial charge in [-0.05, 0) is 19.1 Å².